The maximum Gasteiger partial charge on any atom is 0.161 e. The second kappa shape index (κ2) is 9.85. The number of hydrogen-bond acceptors (Lipinski definition) is 6. The normalized spacial score (nSPS) is 15.2. The number of anilines is 2. The summed E-state index contributed by atoms with van der Waals surface area (Å²) < 4.78 is 0. The van der Waals surface area contributed by atoms with Crippen LogP contribution in [0, 0.1) is 6.92 Å². The van der Waals surface area contributed by atoms with Gasteiger partial charge in [0.1, 0.15) is 5.82 Å². The maximum atomic E-state index is 4.78. The van der Waals surface area contributed by atoms with Crippen molar-refractivity contribution in [3.63, 3.8) is 0 Å². The van der Waals surface area contributed by atoms with E-state index in [9.17, 15) is 0 Å². The Morgan fingerprint density at radius 3 is 2.50 bits per heavy atom. The Morgan fingerprint density at radius 2 is 1.82 bits per heavy atom. The molecule has 0 radical (unpaired) electrons. The quantitative estimate of drug-likeness (QED) is 0.709. The van der Waals surface area contributed by atoms with Crippen LogP contribution in [-0.2, 0) is 0 Å². The van der Waals surface area contributed by atoms with Crippen LogP contribution in [0.25, 0.3) is 11.4 Å². The molecule has 1 aromatic heterocycles. The second-order valence-corrected chi connectivity index (χ2v) is 7.74. The molecule has 0 atom stereocenters. The van der Waals surface area contributed by atoms with Gasteiger partial charge in [0.15, 0.2) is 5.82 Å². The third-order valence-corrected chi connectivity index (χ3v) is 5.51. The van der Waals surface area contributed by atoms with Crippen LogP contribution in [0.2, 0.25) is 0 Å². The predicted octanol–water partition coefficient (Wildman–Crippen LogP) is 2.96. The molecule has 1 aliphatic heterocycles. The van der Waals surface area contributed by atoms with E-state index in [0.717, 1.165) is 75.0 Å². The van der Waals surface area contributed by atoms with Crippen LogP contribution in [-0.4, -0.2) is 79.7 Å². The van der Waals surface area contributed by atoms with Crippen LogP contribution < -0.4 is 10.2 Å². The molecular formula is C22H34N6. The molecule has 2 heterocycles. The highest BCUT2D eigenvalue weighted by Crippen LogP contribution is 2.23. The SMILES string of the molecule is CCN(C)CCCNc1nc(-c2ccc(N3CCN(C)CC3)cc2)ncc1C. The number of hydrogen-bond donors (Lipinski definition) is 1. The van der Waals surface area contributed by atoms with Crippen molar-refractivity contribution < 1.29 is 0 Å². The Kier molecular flexibility index (Phi) is 7.23. The average Bonchev–Trinajstić information content (AvgIpc) is 2.73. The summed E-state index contributed by atoms with van der Waals surface area (Å²) in [6.45, 7) is 11.7. The van der Waals surface area contributed by atoms with Gasteiger partial charge in [0.2, 0.25) is 0 Å². The Hall–Kier alpha value is -2.18. The van der Waals surface area contributed by atoms with Gasteiger partial charge in [-0.1, -0.05) is 6.92 Å². The summed E-state index contributed by atoms with van der Waals surface area (Å²) in [5.74, 6) is 1.72. The number of aromatic nitrogens is 2. The van der Waals surface area contributed by atoms with E-state index in [1.165, 1.54) is 5.69 Å². The van der Waals surface area contributed by atoms with Gasteiger partial charge in [0.25, 0.3) is 0 Å². The summed E-state index contributed by atoms with van der Waals surface area (Å²) in [4.78, 5) is 16.5. The number of nitrogens with one attached hydrogen (secondary N) is 1. The number of likely N-dealkylation sites (N-methyl/N-ethyl adjacent to an activating group) is 1. The highest BCUT2D eigenvalue weighted by atomic mass is 15.2. The minimum atomic E-state index is 0.781. The molecule has 6 nitrogen and oxygen atoms in total. The minimum absolute atomic E-state index is 0.781. The summed E-state index contributed by atoms with van der Waals surface area (Å²) in [7, 11) is 4.34. The fraction of sp³-hybridized carbons (Fsp3) is 0.545. The molecular weight excluding hydrogens is 348 g/mol. The standard InChI is InChI=1S/C22H34N6/c1-5-26(3)12-6-11-23-21-18(2)17-24-22(25-21)19-7-9-20(10-8-19)28-15-13-27(4)14-16-28/h7-10,17H,5-6,11-16H2,1-4H3,(H,23,24,25). The van der Waals surface area contributed by atoms with Crippen molar-refractivity contribution in [3.8, 4) is 11.4 Å². The average molecular weight is 383 g/mol. The first kappa shape index (κ1) is 20.6. The number of aryl methyl sites for hydroxylation is 1. The largest absolute Gasteiger partial charge is 0.370 e. The summed E-state index contributed by atoms with van der Waals surface area (Å²) in [5.41, 5.74) is 3.43. The van der Waals surface area contributed by atoms with E-state index in [2.05, 4.69) is 77.2 Å². The molecule has 1 saturated heterocycles. The summed E-state index contributed by atoms with van der Waals surface area (Å²) in [5, 5.41) is 3.48. The molecule has 0 bridgehead atoms. The smallest absolute Gasteiger partial charge is 0.161 e. The van der Waals surface area contributed by atoms with E-state index in [1.807, 2.05) is 6.20 Å². The molecule has 1 N–H and O–H groups in total. The topological polar surface area (TPSA) is 47.5 Å². The van der Waals surface area contributed by atoms with Gasteiger partial charge in [0.05, 0.1) is 0 Å². The first-order valence-corrected chi connectivity index (χ1v) is 10.4. The Morgan fingerprint density at radius 1 is 1.11 bits per heavy atom. The molecule has 0 unspecified atom stereocenters. The Labute approximate surface area is 169 Å². The monoisotopic (exact) mass is 382 g/mol. The van der Waals surface area contributed by atoms with Crippen LogP contribution >= 0.6 is 0 Å². The Bertz CT molecular complexity index is 737. The lowest BCUT2D eigenvalue weighted by Crippen LogP contribution is -2.44. The van der Waals surface area contributed by atoms with Crippen LogP contribution in [0.15, 0.2) is 30.5 Å². The van der Waals surface area contributed by atoms with Gasteiger partial charge in [-0.15, -0.1) is 0 Å². The number of rotatable bonds is 8. The van der Waals surface area contributed by atoms with Gasteiger partial charge in [-0.05, 0) is 64.8 Å². The number of benzene rings is 1. The molecule has 1 aromatic carbocycles. The van der Waals surface area contributed by atoms with E-state index < -0.39 is 0 Å². The van der Waals surface area contributed by atoms with E-state index in [0.29, 0.717) is 0 Å². The van der Waals surface area contributed by atoms with E-state index in [4.69, 9.17) is 4.98 Å². The maximum absolute atomic E-state index is 4.78. The highest BCUT2D eigenvalue weighted by Gasteiger charge is 2.14. The molecule has 1 fully saturated rings. The van der Waals surface area contributed by atoms with Crippen molar-refractivity contribution in [2.45, 2.75) is 20.3 Å². The van der Waals surface area contributed by atoms with Crippen molar-refractivity contribution in [1.29, 1.82) is 0 Å². The van der Waals surface area contributed by atoms with Gasteiger partial charge >= 0.3 is 0 Å². The molecule has 6 heteroatoms. The van der Waals surface area contributed by atoms with Crippen LogP contribution in [0.1, 0.15) is 18.9 Å². The molecule has 152 valence electrons. The van der Waals surface area contributed by atoms with E-state index in [1.54, 1.807) is 0 Å². The predicted molar refractivity (Wildman–Crippen MR) is 118 cm³/mol. The van der Waals surface area contributed by atoms with Gasteiger partial charge in [-0.25, -0.2) is 9.97 Å². The molecule has 2 aromatic rings. The van der Waals surface area contributed by atoms with Crippen molar-refractivity contribution in [2.75, 3.05) is 70.1 Å². The van der Waals surface area contributed by atoms with Crippen molar-refractivity contribution in [1.82, 2.24) is 19.8 Å². The lowest BCUT2D eigenvalue weighted by atomic mass is 10.1. The molecule has 0 amide bonds. The summed E-state index contributed by atoms with van der Waals surface area (Å²) in [6.07, 6.45) is 3.01. The summed E-state index contributed by atoms with van der Waals surface area (Å²) in [6, 6.07) is 8.66. The van der Waals surface area contributed by atoms with Gasteiger partial charge in [0, 0.05) is 55.7 Å². The molecule has 0 aliphatic carbocycles. The van der Waals surface area contributed by atoms with E-state index >= 15 is 0 Å². The molecule has 28 heavy (non-hydrogen) atoms. The van der Waals surface area contributed by atoms with Crippen LogP contribution in [0.4, 0.5) is 11.5 Å². The van der Waals surface area contributed by atoms with E-state index in [-0.39, 0.29) is 0 Å². The Balaban J connectivity index is 1.63. The van der Waals surface area contributed by atoms with Crippen LogP contribution in [0.3, 0.4) is 0 Å². The van der Waals surface area contributed by atoms with Crippen LogP contribution in [0.5, 0.6) is 0 Å². The number of nitrogens with zero attached hydrogens (tertiary/aromatic N) is 5. The van der Waals surface area contributed by atoms with Gasteiger partial charge < -0.3 is 20.0 Å². The molecule has 3 rings (SSSR count). The second-order valence-electron chi connectivity index (χ2n) is 7.74. The minimum Gasteiger partial charge on any atom is -0.370 e. The zero-order chi connectivity index (χ0) is 19.9. The fourth-order valence-electron chi connectivity index (χ4n) is 3.36. The third-order valence-electron chi connectivity index (χ3n) is 5.51. The zero-order valence-electron chi connectivity index (χ0n) is 17.8. The zero-order valence-corrected chi connectivity index (χ0v) is 17.8. The first-order chi connectivity index (χ1) is 13.6. The van der Waals surface area contributed by atoms with Gasteiger partial charge in [-0.2, -0.15) is 0 Å². The fourth-order valence-corrected chi connectivity index (χ4v) is 3.36. The van der Waals surface area contributed by atoms with Crippen molar-refractivity contribution in [3.05, 3.63) is 36.0 Å². The summed E-state index contributed by atoms with van der Waals surface area (Å²) >= 11 is 0. The lowest BCUT2D eigenvalue weighted by Gasteiger charge is -2.34. The lowest BCUT2D eigenvalue weighted by molar-refractivity contribution is 0.313. The number of piperazine rings is 1. The molecule has 0 saturated carbocycles. The first-order valence-electron chi connectivity index (χ1n) is 10.4. The molecule has 0 spiro atoms. The highest BCUT2D eigenvalue weighted by molar-refractivity contribution is 5.62. The third kappa shape index (κ3) is 5.42. The van der Waals surface area contributed by atoms with Crippen molar-refractivity contribution >= 4 is 11.5 Å². The van der Waals surface area contributed by atoms with Crippen molar-refractivity contribution in [2.24, 2.45) is 0 Å². The molecule has 1 aliphatic rings. The van der Waals surface area contributed by atoms with Gasteiger partial charge in [-0.3, -0.25) is 0 Å².